The molecule has 0 aliphatic carbocycles. The first-order valence-corrected chi connectivity index (χ1v) is 18.7. The maximum Gasteiger partial charge on any atom is 0.243 e. The van der Waals surface area contributed by atoms with Crippen molar-refractivity contribution in [3.05, 3.63) is 0 Å². The maximum absolute atomic E-state index is 13.3. The van der Waals surface area contributed by atoms with E-state index in [2.05, 4.69) is 49.5 Å². The predicted molar refractivity (Wildman–Crippen MR) is 194 cm³/mol. The third kappa shape index (κ3) is 16.1. The second-order valence-electron chi connectivity index (χ2n) is 13.4. The van der Waals surface area contributed by atoms with Gasteiger partial charge in [-0.05, 0) is 65.6 Å². The van der Waals surface area contributed by atoms with Crippen molar-refractivity contribution in [2.45, 2.75) is 121 Å². The Morgan fingerprint density at radius 1 is 0.840 bits per heavy atom. The zero-order chi connectivity index (χ0) is 36.7. The number of nitrogens with one attached hydrogen (secondary N) is 9. The number of rotatable bonds is 26. The van der Waals surface area contributed by atoms with Crippen LogP contribution in [0.15, 0.2) is 0 Å². The van der Waals surface area contributed by atoms with Gasteiger partial charge in [0, 0.05) is 32.7 Å². The Hall–Kier alpha value is -3.34. The minimum atomic E-state index is -0.812. The first-order valence-electron chi connectivity index (χ1n) is 18.7. The van der Waals surface area contributed by atoms with Crippen molar-refractivity contribution in [3.8, 4) is 0 Å². The van der Waals surface area contributed by atoms with Crippen molar-refractivity contribution in [3.63, 3.8) is 0 Å². The number of guanidine groups is 1. The quantitative estimate of drug-likeness (QED) is 0.0291. The lowest BCUT2D eigenvalue weighted by molar-refractivity contribution is -0.140. The van der Waals surface area contributed by atoms with Gasteiger partial charge in [0.2, 0.25) is 23.6 Å². The van der Waals surface area contributed by atoms with Gasteiger partial charge in [-0.15, -0.1) is 0 Å². The minimum Gasteiger partial charge on any atom is -0.370 e. The third-order valence-electron chi connectivity index (χ3n) is 9.35. The number of nitrogens with two attached hydrogens (primary N) is 1. The second-order valence-corrected chi connectivity index (χ2v) is 13.4. The molecule has 2 aliphatic rings. The lowest BCUT2D eigenvalue weighted by atomic mass is 9.99. The SMILES string of the molecule is CCCC[C@@H]1NC[C@H](C(=O)CN2C[C@H](C(=O)NCCCCCCCNC(=O)C(CCCCNC)NC)NC(=O)[C@@H]2CCCNC(=N)N)NC1=O. The van der Waals surface area contributed by atoms with Crippen LogP contribution < -0.4 is 48.3 Å². The predicted octanol–water partition coefficient (Wildman–Crippen LogP) is -1.20. The molecule has 16 nitrogen and oxygen atoms in total. The Bertz CT molecular complexity index is 1080. The van der Waals surface area contributed by atoms with E-state index >= 15 is 0 Å². The maximum atomic E-state index is 13.3. The van der Waals surface area contributed by atoms with Crippen molar-refractivity contribution >= 4 is 35.4 Å². The molecule has 2 rings (SSSR count). The second kappa shape index (κ2) is 24.7. The van der Waals surface area contributed by atoms with Crippen LogP contribution in [0, 0.1) is 5.41 Å². The van der Waals surface area contributed by atoms with Gasteiger partial charge in [-0.1, -0.05) is 45.4 Å². The molecule has 0 aromatic rings. The van der Waals surface area contributed by atoms with Crippen LogP contribution in [-0.2, 0) is 24.0 Å². The number of carbonyl (C=O) groups is 5. The number of amides is 4. The summed E-state index contributed by atoms with van der Waals surface area (Å²) in [5, 5.41) is 31.1. The summed E-state index contributed by atoms with van der Waals surface area (Å²) in [6.45, 7) is 4.92. The van der Waals surface area contributed by atoms with Gasteiger partial charge in [0.05, 0.1) is 24.7 Å². The lowest BCUT2D eigenvalue weighted by Gasteiger charge is -2.39. The fraction of sp³-hybridized carbons (Fsp3) is 0.824. The highest BCUT2D eigenvalue weighted by Gasteiger charge is 2.39. The summed E-state index contributed by atoms with van der Waals surface area (Å²) in [5.74, 6) is -1.16. The largest absolute Gasteiger partial charge is 0.370 e. The van der Waals surface area contributed by atoms with E-state index in [1.54, 1.807) is 4.90 Å². The lowest BCUT2D eigenvalue weighted by Crippen LogP contribution is -2.66. The average molecular weight is 708 g/mol. The number of nitrogens with zero attached hydrogens (tertiary/aromatic N) is 1. The highest BCUT2D eigenvalue weighted by Crippen LogP contribution is 2.15. The van der Waals surface area contributed by atoms with Gasteiger partial charge in [0.25, 0.3) is 0 Å². The standard InChI is InChI=1S/C34H65N11O5/c1-4-5-14-25-32(49)43-26(21-42-25)29(46)23-45-22-27(44-33(50)28(45)16-13-20-41-34(35)36)31(48)40-19-11-8-6-7-10-18-39-30(47)24(38-3)15-9-12-17-37-2/h24-28,37-38,42H,4-23H2,1-3H3,(H,39,47)(H,40,48)(H,43,49)(H,44,50)(H4,35,36,41)/t24?,25-,26+,27+,28-/m0/s1. The van der Waals surface area contributed by atoms with E-state index in [4.69, 9.17) is 11.1 Å². The molecule has 0 saturated carbocycles. The summed E-state index contributed by atoms with van der Waals surface area (Å²) in [4.78, 5) is 66.4. The smallest absolute Gasteiger partial charge is 0.243 e. The van der Waals surface area contributed by atoms with Gasteiger partial charge in [0.1, 0.15) is 12.1 Å². The normalized spacial score (nSPS) is 21.5. The number of Topliss-reactive ketones (excluding diaryl/α,β-unsaturated/α-hetero) is 1. The number of carbonyl (C=O) groups excluding carboxylic acids is 5. The average Bonchev–Trinajstić information content (AvgIpc) is 3.09. The van der Waals surface area contributed by atoms with Crippen LogP contribution in [0.4, 0.5) is 0 Å². The first kappa shape index (κ1) is 42.8. The van der Waals surface area contributed by atoms with Crippen LogP contribution >= 0.6 is 0 Å². The van der Waals surface area contributed by atoms with Crippen molar-refractivity contribution in [2.24, 2.45) is 5.73 Å². The Balaban J connectivity index is 1.77. The summed E-state index contributed by atoms with van der Waals surface area (Å²) in [6, 6.07) is -2.65. The molecule has 0 aromatic carbocycles. The number of ketones is 1. The van der Waals surface area contributed by atoms with Crippen molar-refractivity contribution in [2.75, 3.05) is 59.9 Å². The minimum absolute atomic E-state index is 0.0439. The molecule has 0 radical (unpaired) electrons. The van der Waals surface area contributed by atoms with Gasteiger partial charge in [-0.25, -0.2) is 0 Å². The Labute approximate surface area is 298 Å². The highest BCUT2D eigenvalue weighted by molar-refractivity contribution is 5.95. The summed E-state index contributed by atoms with van der Waals surface area (Å²) >= 11 is 0. The highest BCUT2D eigenvalue weighted by atomic mass is 16.2. The molecule has 50 heavy (non-hydrogen) atoms. The van der Waals surface area contributed by atoms with Crippen LogP contribution in [-0.4, -0.2) is 130 Å². The monoisotopic (exact) mass is 708 g/mol. The van der Waals surface area contributed by atoms with Crippen molar-refractivity contribution in [1.82, 2.24) is 47.4 Å². The molecular formula is C34H65N11O5. The van der Waals surface area contributed by atoms with E-state index in [0.717, 1.165) is 70.8 Å². The molecule has 0 aromatic heterocycles. The van der Waals surface area contributed by atoms with Gasteiger partial charge >= 0.3 is 0 Å². The fourth-order valence-electron chi connectivity index (χ4n) is 6.33. The molecule has 286 valence electrons. The zero-order valence-electron chi connectivity index (χ0n) is 30.6. The van der Waals surface area contributed by atoms with E-state index in [1.165, 1.54) is 0 Å². The van der Waals surface area contributed by atoms with Gasteiger partial charge in [-0.3, -0.25) is 34.3 Å². The molecular weight excluding hydrogens is 642 g/mol. The van der Waals surface area contributed by atoms with Crippen molar-refractivity contribution in [1.29, 1.82) is 5.41 Å². The summed E-state index contributed by atoms with van der Waals surface area (Å²) in [5.41, 5.74) is 5.38. The molecule has 5 atom stereocenters. The zero-order valence-corrected chi connectivity index (χ0v) is 30.6. The number of hydrogen-bond donors (Lipinski definition) is 10. The molecule has 16 heteroatoms. The number of hydrogen-bond acceptors (Lipinski definition) is 10. The van der Waals surface area contributed by atoms with E-state index in [-0.39, 0.29) is 60.5 Å². The summed E-state index contributed by atoms with van der Waals surface area (Å²) < 4.78 is 0. The molecule has 2 heterocycles. The first-order chi connectivity index (χ1) is 24.1. The summed E-state index contributed by atoms with van der Waals surface area (Å²) in [6.07, 6.45) is 10.9. The van der Waals surface area contributed by atoms with Crippen molar-refractivity contribution < 1.29 is 24.0 Å². The molecule has 1 unspecified atom stereocenters. The number of likely N-dealkylation sites (N-methyl/N-ethyl adjacent to an activating group) is 1. The Kier molecular flexibility index (Phi) is 21.2. The molecule has 2 aliphatic heterocycles. The van der Waals surface area contributed by atoms with E-state index in [1.807, 2.05) is 14.1 Å². The molecule has 11 N–H and O–H groups in total. The van der Waals surface area contributed by atoms with Crippen LogP contribution in [0.5, 0.6) is 0 Å². The van der Waals surface area contributed by atoms with Gasteiger partial charge < -0.3 is 48.3 Å². The van der Waals surface area contributed by atoms with Crippen LogP contribution in [0.25, 0.3) is 0 Å². The molecule has 0 bridgehead atoms. The van der Waals surface area contributed by atoms with Gasteiger partial charge in [0.15, 0.2) is 11.7 Å². The number of piperazine rings is 2. The van der Waals surface area contributed by atoms with E-state index in [9.17, 15) is 24.0 Å². The molecule has 0 spiro atoms. The van der Waals surface area contributed by atoms with E-state index in [0.29, 0.717) is 45.4 Å². The molecule has 4 amide bonds. The number of unbranched alkanes of at least 4 members (excludes halogenated alkanes) is 6. The third-order valence-corrected chi connectivity index (χ3v) is 9.35. The Morgan fingerprint density at radius 2 is 1.50 bits per heavy atom. The molecule has 2 fully saturated rings. The Morgan fingerprint density at radius 3 is 2.16 bits per heavy atom. The van der Waals surface area contributed by atoms with Crippen LogP contribution in [0.1, 0.15) is 90.4 Å². The van der Waals surface area contributed by atoms with E-state index < -0.39 is 18.1 Å². The van der Waals surface area contributed by atoms with Crippen LogP contribution in [0.3, 0.4) is 0 Å². The topological polar surface area (TPSA) is 235 Å². The summed E-state index contributed by atoms with van der Waals surface area (Å²) in [7, 11) is 3.74. The fourth-order valence-corrected chi connectivity index (χ4v) is 6.33. The van der Waals surface area contributed by atoms with Gasteiger partial charge in [-0.2, -0.15) is 0 Å². The van der Waals surface area contributed by atoms with Crippen LogP contribution in [0.2, 0.25) is 0 Å². The molecule has 2 saturated heterocycles.